The van der Waals surface area contributed by atoms with Crippen LogP contribution in [-0.4, -0.2) is 48.0 Å². The van der Waals surface area contributed by atoms with Crippen molar-refractivity contribution in [2.45, 2.75) is 24.2 Å². The van der Waals surface area contributed by atoms with Crippen molar-refractivity contribution in [3.8, 4) is 17.2 Å². The molecule has 4 aliphatic rings. The summed E-state index contributed by atoms with van der Waals surface area (Å²) >= 11 is 12.6. The molecule has 3 fully saturated rings. The zero-order chi connectivity index (χ0) is 32.5. The Hall–Kier alpha value is -4.54. The highest BCUT2D eigenvalue weighted by molar-refractivity contribution is 6.36. The number of aromatic hydroxyl groups is 1. The van der Waals surface area contributed by atoms with E-state index in [2.05, 4.69) is 10.7 Å². The van der Waals surface area contributed by atoms with Crippen molar-refractivity contribution in [2.75, 3.05) is 19.6 Å². The normalized spacial score (nSPS) is 28.2. The average Bonchev–Trinajstić information content (AvgIpc) is 3.46. The number of ether oxygens (including phenoxy) is 2. The highest BCUT2D eigenvalue weighted by Gasteiger charge is 2.70. The van der Waals surface area contributed by atoms with Gasteiger partial charge in [0.15, 0.2) is 0 Å². The smallest absolute Gasteiger partial charge is 0.260 e. The molecule has 0 bridgehead atoms. The number of rotatable bonds is 6. The third-order valence-electron chi connectivity index (χ3n) is 9.97. The lowest BCUT2D eigenvalue weighted by molar-refractivity contribution is -0.138. The maximum Gasteiger partial charge on any atom is 0.260 e. The van der Waals surface area contributed by atoms with Crippen molar-refractivity contribution in [2.24, 2.45) is 23.7 Å². The van der Waals surface area contributed by atoms with Crippen LogP contribution < -0.4 is 20.2 Å². The minimum atomic E-state index is -1.57. The lowest BCUT2D eigenvalue weighted by Crippen LogP contribution is -2.53. The second-order valence-corrected chi connectivity index (χ2v) is 12.8. The number of hydrogen-bond donors (Lipinski definition) is 3. The molecule has 236 valence electrons. The first kappa shape index (κ1) is 30.1. The molecular formula is C34H29Cl2N3O7. The molecule has 6 atom stereocenters. The number of amides is 4. The molecule has 0 radical (unpaired) electrons. The van der Waals surface area contributed by atoms with Gasteiger partial charge in [0.2, 0.25) is 11.8 Å². The highest BCUT2D eigenvalue weighted by atomic mass is 35.5. The van der Waals surface area contributed by atoms with E-state index in [1.54, 1.807) is 48.5 Å². The fourth-order valence-electron chi connectivity index (χ4n) is 7.99. The quantitative estimate of drug-likeness (QED) is 0.249. The van der Waals surface area contributed by atoms with Crippen molar-refractivity contribution in [3.05, 3.63) is 93.5 Å². The van der Waals surface area contributed by atoms with Gasteiger partial charge in [0, 0.05) is 22.6 Å². The number of fused-ring (bicyclic) bond motifs is 4. The van der Waals surface area contributed by atoms with Gasteiger partial charge >= 0.3 is 0 Å². The maximum atomic E-state index is 15.1. The number of benzene rings is 3. The van der Waals surface area contributed by atoms with E-state index in [1.165, 1.54) is 26.4 Å². The summed E-state index contributed by atoms with van der Waals surface area (Å²) in [5, 5.41) is 15.5. The molecule has 7 rings (SSSR count). The van der Waals surface area contributed by atoms with Crippen molar-refractivity contribution in [1.29, 1.82) is 0 Å². The highest BCUT2D eigenvalue weighted by Crippen LogP contribution is 2.64. The molecule has 2 aliphatic heterocycles. The summed E-state index contributed by atoms with van der Waals surface area (Å²) in [4.78, 5) is 55.7. The van der Waals surface area contributed by atoms with Crippen LogP contribution in [0.2, 0.25) is 10.0 Å². The number of anilines is 1. The van der Waals surface area contributed by atoms with Gasteiger partial charge in [-0.25, -0.2) is 0 Å². The number of phenolic OH excluding ortho intramolecular Hbond substituents is 1. The molecule has 2 saturated heterocycles. The average molecular weight is 663 g/mol. The third kappa shape index (κ3) is 4.30. The number of nitrogens with zero attached hydrogens (tertiary/aromatic N) is 1. The molecule has 10 nitrogen and oxygen atoms in total. The first-order valence-corrected chi connectivity index (χ1v) is 15.5. The largest absolute Gasteiger partial charge is 0.508 e. The first-order chi connectivity index (χ1) is 22.1. The van der Waals surface area contributed by atoms with E-state index in [9.17, 15) is 19.5 Å². The van der Waals surface area contributed by atoms with E-state index < -0.39 is 52.7 Å². The Morgan fingerprint density at radius 3 is 2.30 bits per heavy atom. The Balaban J connectivity index is 1.48. The second kappa shape index (κ2) is 11.1. The number of hydrogen-bond acceptors (Lipinski definition) is 8. The lowest BCUT2D eigenvalue weighted by atomic mass is 9.49. The number of halogens is 2. The summed E-state index contributed by atoms with van der Waals surface area (Å²) in [7, 11) is 3.01. The Morgan fingerprint density at radius 1 is 0.913 bits per heavy atom. The van der Waals surface area contributed by atoms with Crippen LogP contribution in [0.4, 0.5) is 5.69 Å². The molecule has 0 unspecified atom stereocenters. The molecule has 2 heterocycles. The fourth-order valence-corrected chi connectivity index (χ4v) is 8.44. The summed E-state index contributed by atoms with van der Waals surface area (Å²) in [5.74, 6) is -4.80. The van der Waals surface area contributed by atoms with E-state index in [0.29, 0.717) is 33.2 Å². The molecule has 1 saturated carbocycles. The van der Waals surface area contributed by atoms with Crippen LogP contribution in [0.15, 0.2) is 72.3 Å². The number of allylic oxidation sites excluding steroid dienone is 2. The fraction of sp³-hybridized carbons (Fsp3) is 0.294. The summed E-state index contributed by atoms with van der Waals surface area (Å²) in [6.45, 7) is 0. The first-order valence-electron chi connectivity index (χ1n) is 14.8. The summed E-state index contributed by atoms with van der Waals surface area (Å²) in [6, 6.07) is 16.4. The van der Waals surface area contributed by atoms with Gasteiger partial charge in [-0.15, -0.1) is 0 Å². The molecule has 3 aromatic rings. The number of methoxy groups -OCH3 is 2. The molecule has 0 aromatic heterocycles. The Kier molecular flexibility index (Phi) is 7.25. The van der Waals surface area contributed by atoms with Gasteiger partial charge in [0.25, 0.3) is 11.8 Å². The van der Waals surface area contributed by atoms with Gasteiger partial charge in [-0.1, -0.05) is 53.1 Å². The number of carbonyl (C=O) groups is 4. The zero-order valence-electron chi connectivity index (χ0n) is 24.8. The van der Waals surface area contributed by atoms with E-state index in [0.717, 1.165) is 5.01 Å². The molecule has 3 aromatic carbocycles. The molecular weight excluding hydrogens is 633 g/mol. The van der Waals surface area contributed by atoms with E-state index in [4.69, 9.17) is 32.7 Å². The SMILES string of the molecule is COc1ccc([C@@]23C(=O)N(Nc4ccc(Cl)cc4Cl)C(=O)[C@@H]2C[C@@H]2C(=CC[C@@H]4C(=O)NC(=O)[C@@H]42)[C@@H]3c2ccc(OC)cc2O)cc1. The lowest BCUT2D eigenvalue weighted by Gasteiger charge is -2.50. The molecule has 0 spiro atoms. The van der Waals surface area contributed by atoms with Crippen LogP contribution in [0.5, 0.6) is 17.2 Å². The number of nitrogens with one attached hydrogen (secondary N) is 2. The topological polar surface area (TPSA) is 134 Å². The van der Waals surface area contributed by atoms with Crippen LogP contribution in [0, 0.1) is 23.7 Å². The van der Waals surface area contributed by atoms with E-state index in [1.807, 2.05) is 6.08 Å². The van der Waals surface area contributed by atoms with Crippen LogP contribution in [0.1, 0.15) is 29.9 Å². The van der Waals surface area contributed by atoms with Gasteiger partial charge in [0.1, 0.15) is 17.2 Å². The van der Waals surface area contributed by atoms with Crippen molar-refractivity contribution < 1.29 is 33.8 Å². The zero-order valence-corrected chi connectivity index (χ0v) is 26.3. The van der Waals surface area contributed by atoms with Gasteiger partial charge < -0.3 is 14.6 Å². The summed E-state index contributed by atoms with van der Waals surface area (Å²) in [6.07, 6.45) is 2.29. The molecule has 3 N–H and O–H groups in total. The van der Waals surface area contributed by atoms with Crippen LogP contribution in [0.25, 0.3) is 0 Å². The summed E-state index contributed by atoms with van der Waals surface area (Å²) in [5.41, 5.74) is 3.28. The molecule has 2 aliphatic carbocycles. The van der Waals surface area contributed by atoms with Gasteiger partial charge in [-0.05, 0) is 60.7 Å². The number of phenols is 1. The minimum Gasteiger partial charge on any atom is -0.508 e. The number of imide groups is 2. The van der Waals surface area contributed by atoms with Crippen molar-refractivity contribution in [3.63, 3.8) is 0 Å². The monoisotopic (exact) mass is 661 g/mol. The Labute approximate surface area is 274 Å². The number of carbonyl (C=O) groups excluding carboxylic acids is 4. The molecule has 12 heteroatoms. The van der Waals surface area contributed by atoms with Crippen molar-refractivity contribution in [1.82, 2.24) is 10.3 Å². The van der Waals surface area contributed by atoms with Crippen molar-refractivity contribution >= 4 is 52.5 Å². The van der Waals surface area contributed by atoms with E-state index >= 15 is 4.79 Å². The molecule has 4 amide bonds. The number of hydrazine groups is 1. The minimum absolute atomic E-state index is 0.115. The Bertz CT molecular complexity index is 1840. The Morgan fingerprint density at radius 2 is 1.63 bits per heavy atom. The van der Waals surface area contributed by atoms with Gasteiger partial charge in [-0.3, -0.25) is 29.9 Å². The predicted molar refractivity (Wildman–Crippen MR) is 168 cm³/mol. The van der Waals surface area contributed by atoms with Crippen LogP contribution in [-0.2, 0) is 24.6 Å². The third-order valence-corrected chi connectivity index (χ3v) is 10.5. The standard InChI is InChI=1S/C34H29Cl2N3O7/c1-45-18-6-3-16(4-7-18)34-24(32(43)39(33(34)44)38-26-12-5-17(35)13-25(26)36)15-23-20(10-11-22-28(23)31(42)37-30(22)41)29(34)21-9-8-19(46-2)14-27(21)40/h3-10,12-14,22-24,28-29,38,40H,11,15H2,1-2H3,(H,37,41,42)/t22-,23+,24-,28-,29+,34+/m0/s1. The maximum absolute atomic E-state index is 15.1. The van der Waals surface area contributed by atoms with Crippen LogP contribution in [0.3, 0.4) is 0 Å². The second-order valence-electron chi connectivity index (χ2n) is 12.0. The summed E-state index contributed by atoms with van der Waals surface area (Å²) < 4.78 is 10.8. The molecule has 46 heavy (non-hydrogen) atoms. The predicted octanol–water partition coefficient (Wildman–Crippen LogP) is 4.99. The van der Waals surface area contributed by atoms with E-state index in [-0.39, 0.29) is 35.2 Å². The van der Waals surface area contributed by atoms with Gasteiger partial charge in [-0.2, -0.15) is 5.01 Å². The van der Waals surface area contributed by atoms with Gasteiger partial charge in [0.05, 0.1) is 48.1 Å². The van der Waals surface area contributed by atoms with Crippen LogP contribution >= 0.6 is 23.2 Å².